The molecule has 64 valence electrons. The van der Waals surface area contributed by atoms with E-state index in [-0.39, 0.29) is 6.03 Å². The lowest BCUT2D eigenvalue weighted by atomic mass is 10.0. The summed E-state index contributed by atoms with van der Waals surface area (Å²) in [6.45, 7) is 7.93. The molecule has 3 nitrogen and oxygen atoms in total. The summed E-state index contributed by atoms with van der Waals surface area (Å²) in [4.78, 5) is 13.0. The molecule has 0 aromatic heterocycles. The van der Waals surface area contributed by atoms with Gasteiger partial charge >= 0.3 is 6.03 Å². The first-order chi connectivity index (χ1) is 5.16. The van der Waals surface area contributed by atoms with Crippen LogP contribution in [-0.2, 0) is 0 Å². The van der Waals surface area contributed by atoms with E-state index >= 15 is 0 Å². The van der Waals surface area contributed by atoms with Gasteiger partial charge in [-0.15, -0.1) is 0 Å². The van der Waals surface area contributed by atoms with Gasteiger partial charge in [-0.05, 0) is 12.8 Å². The molecule has 0 radical (unpaired) electrons. The average Bonchev–Trinajstić information content (AvgIpc) is 2.30. The Hall–Kier alpha value is -0.730. The number of carbonyl (C=O) groups is 1. The van der Waals surface area contributed by atoms with Crippen molar-refractivity contribution in [3.05, 3.63) is 0 Å². The molecule has 1 fully saturated rings. The molecular formula is C8H16N2O. The Labute approximate surface area is 67.8 Å². The first-order valence-corrected chi connectivity index (χ1v) is 4.21. The third-order valence-corrected chi connectivity index (χ3v) is 2.23. The van der Waals surface area contributed by atoms with Gasteiger partial charge in [0.05, 0.1) is 6.04 Å². The van der Waals surface area contributed by atoms with Gasteiger partial charge in [-0.1, -0.05) is 13.8 Å². The van der Waals surface area contributed by atoms with Crippen molar-refractivity contribution < 1.29 is 4.79 Å². The number of hydrogen-bond acceptors (Lipinski definition) is 1. The van der Waals surface area contributed by atoms with Crippen molar-refractivity contribution in [1.29, 1.82) is 0 Å². The Kier molecular flexibility index (Phi) is 2.37. The van der Waals surface area contributed by atoms with Crippen molar-refractivity contribution in [2.45, 2.75) is 26.8 Å². The van der Waals surface area contributed by atoms with Crippen molar-refractivity contribution in [1.82, 2.24) is 10.2 Å². The lowest BCUT2D eigenvalue weighted by Gasteiger charge is -2.24. The maximum atomic E-state index is 11.1. The normalized spacial score (nSPS) is 24.5. The summed E-state index contributed by atoms with van der Waals surface area (Å²) in [5.74, 6) is 0.550. The summed E-state index contributed by atoms with van der Waals surface area (Å²) in [6, 6.07) is 0.485. The molecule has 0 aliphatic carbocycles. The van der Waals surface area contributed by atoms with Crippen LogP contribution in [0.3, 0.4) is 0 Å². The van der Waals surface area contributed by atoms with Crippen LogP contribution in [-0.4, -0.2) is 30.1 Å². The van der Waals surface area contributed by atoms with Gasteiger partial charge in [-0.2, -0.15) is 0 Å². The topological polar surface area (TPSA) is 32.3 Å². The van der Waals surface area contributed by atoms with Crippen molar-refractivity contribution in [2.75, 3.05) is 13.1 Å². The molecule has 0 unspecified atom stereocenters. The number of nitrogens with one attached hydrogen (secondary N) is 1. The van der Waals surface area contributed by atoms with Crippen molar-refractivity contribution in [3.63, 3.8) is 0 Å². The van der Waals surface area contributed by atoms with Gasteiger partial charge in [0.25, 0.3) is 0 Å². The third-order valence-electron chi connectivity index (χ3n) is 2.23. The second-order valence-corrected chi connectivity index (χ2v) is 3.28. The molecule has 11 heavy (non-hydrogen) atoms. The monoisotopic (exact) mass is 156 g/mol. The highest BCUT2D eigenvalue weighted by atomic mass is 16.2. The van der Waals surface area contributed by atoms with E-state index in [9.17, 15) is 4.79 Å². The van der Waals surface area contributed by atoms with Gasteiger partial charge in [0, 0.05) is 13.1 Å². The third kappa shape index (κ3) is 1.47. The largest absolute Gasteiger partial charge is 0.336 e. The van der Waals surface area contributed by atoms with Gasteiger partial charge in [-0.3, -0.25) is 0 Å². The van der Waals surface area contributed by atoms with Crippen LogP contribution in [0.15, 0.2) is 0 Å². The summed E-state index contributed by atoms with van der Waals surface area (Å²) >= 11 is 0. The number of rotatable bonds is 2. The molecule has 3 heteroatoms. The molecule has 1 aliphatic heterocycles. The first-order valence-electron chi connectivity index (χ1n) is 4.21. The molecule has 0 bridgehead atoms. The molecule has 1 atom stereocenters. The smallest absolute Gasteiger partial charge is 0.317 e. The van der Waals surface area contributed by atoms with Gasteiger partial charge in [-0.25, -0.2) is 4.79 Å². The minimum atomic E-state index is 0.0891. The van der Waals surface area contributed by atoms with E-state index in [1.54, 1.807) is 0 Å². The van der Waals surface area contributed by atoms with Crippen LogP contribution in [0.2, 0.25) is 0 Å². The van der Waals surface area contributed by atoms with Crippen molar-refractivity contribution in [3.8, 4) is 0 Å². The zero-order valence-electron chi connectivity index (χ0n) is 7.42. The molecule has 1 rings (SSSR count). The predicted octanol–water partition coefficient (Wildman–Crippen LogP) is 1.06. The van der Waals surface area contributed by atoms with Crippen molar-refractivity contribution in [2.24, 2.45) is 5.92 Å². The molecule has 0 aromatic rings. The second-order valence-electron chi connectivity index (χ2n) is 3.28. The highest BCUT2D eigenvalue weighted by Crippen LogP contribution is 2.14. The van der Waals surface area contributed by atoms with Crippen LogP contribution in [0.4, 0.5) is 4.79 Å². The van der Waals surface area contributed by atoms with Gasteiger partial charge in [0.15, 0.2) is 0 Å². The number of likely N-dealkylation sites (N-methyl/N-ethyl adjacent to an activating group) is 1. The lowest BCUT2D eigenvalue weighted by Crippen LogP contribution is -2.37. The Morgan fingerprint density at radius 2 is 2.36 bits per heavy atom. The SMILES string of the molecule is CCN1C(=O)NC[C@H]1C(C)C. The summed E-state index contributed by atoms with van der Waals surface area (Å²) in [5.41, 5.74) is 0. The molecule has 1 saturated heterocycles. The molecule has 1 aliphatic rings. The van der Waals surface area contributed by atoms with Crippen LogP contribution in [0.25, 0.3) is 0 Å². The summed E-state index contributed by atoms with van der Waals surface area (Å²) < 4.78 is 0. The molecule has 0 saturated carbocycles. The Morgan fingerprint density at radius 1 is 1.73 bits per heavy atom. The first kappa shape index (κ1) is 8.37. The number of carbonyl (C=O) groups excluding carboxylic acids is 1. The van der Waals surface area contributed by atoms with Gasteiger partial charge in [0.2, 0.25) is 0 Å². The maximum absolute atomic E-state index is 11.1. The standard InChI is InChI=1S/C8H16N2O/c1-4-10-7(6(2)3)5-9-8(10)11/h6-7H,4-5H2,1-3H3,(H,9,11)/t7-/m0/s1. The zero-order valence-corrected chi connectivity index (χ0v) is 7.42. The average molecular weight is 156 g/mol. The van der Waals surface area contributed by atoms with Crippen LogP contribution in [0.5, 0.6) is 0 Å². The van der Waals surface area contributed by atoms with Gasteiger partial charge < -0.3 is 10.2 Å². The fraction of sp³-hybridized carbons (Fsp3) is 0.875. The number of amides is 2. The molecule has 1 N–H and O–H groups in total. The quantitative estimate of drug-likeness (QED) is 0.637. The fourth-order valence-corrected chi connectivity index (χ4v) is 1.53. The zero-order chi connectivity index (χ0) is 8.43. The summed E-state index contributed by atoms with van der Waals surface area (Å²) in [7, 11) is 0. The number of hydrogen-bond donors (Lipinski definition) is 1. The highest BCUT2D eigenvalue weighted by Gasteiger charge is 2.30. The van der Waals surface area contributed by atoms with E-state index in [2.05, 4.69) is 19.2 Å². The van der Waals surface area contributed by atoms with Crippen molar-refractivity contribution >= 4 is 6.03 Å². The molecule has 0 spiro atoms. The van der Waals surface area contributed by atoms with Crippen LogP contribution >= 0.6 is 0 Å². The molecule has 2 amide bonds. The number of urea groups is 1. The van der Waals surface area contributed by atoms with E-state index in [1.165, 1.54) is 0 Å². The van der Waals surface area contributed by atoms with Gasteiger partial charge in [0.1, 0.15) is 0 Å². The lowest BCUT2D eigenvalue weighted by molar-refractivity contribution is 0.194. The van der Waals surface area contributed by atoms with Crippen LogP contribution in [0, 0.1) is 5.92 Å². The summed E-state index contributed by atoms with van der Waals surface area (Å²) in [5, 5.41) is 2.84. The Bertz CT molecular complexity index is 156. The van der Waals surface area contributed by atoms with E-state index in [0.717, 1.165) is 13.1 Å². The summed E-state index contributed by atoms with van der Waals surface area (Å²) in [6.07, 6.45) is 0. The highest BCUT2D eigenvalue weighted by molar-refractivity contribution is 5.76. The van der Waals surface area contributed by atoms with E-state index in [4.69, 9.17) is 0 Å². The van der Waals surface area contributed by atoms with E-state index < -0.39 is 0 Å². The number of nitrogens with zero attached hydrogens (tertiary/aromatic N) is 1. The van der Waals surface area contributed by atoms with Crippen LogP contribution < -0.4 is 5.32 Å². The Balaban J connectivity index is 2.61. The molecule has 1 heterocycles. The van der Waals surface area contributed by atoms with E-state index in [0.29, 0.717) is 12.0 Å². The minimum absolute atomic E-state index is 0.0891. The van der Waals surface area contributed by atoms with E-state index in [1.807, 2.05) is 11.8 Å². The maximum Gasteiger partial charge on any atom is 0.317 e. The second kappa shape index (κ2) is 3.11. The van der Waals surface area contributed by atoms with Crippen LogP contribution in [0.1, 0.15) is 20.8 Å². The predicted molar refractivity (Wildman–Crippen MR) is 44.4 cm³/mol. The minimum Gasteiger partial charge on any atom is -0.336 e. The fourth-order valence-electron chi connectivity index (χ4n) is 1.53. The Morgan fingerprint density at radius 3 is 2.73 bits per heavy atom. The molecule has 0 aromatic carbocycles. The molecular weight excluding hydrogens is 140 g/mol.